The van der Waals surface area contributed by atoms with E-state index in [0.29, 0.717) is 5.56 Å². The van der Waals surface area contributed by atoms with Crippen LogP contribution < -0.4 is 0 Å². The maximum atomic E-state index is 11.0. The average molecular weight is 252 g/mol. The minimum atomic E-state index is -0.374. The fourth-order valence-corrected chi connectivity index (χ4v) is 0.718. The summed E-state index contributed by atoms with van der Waals surface area (Å²) in [6, 6.07) is 8.77. The molecule has 0 atom stereocenters. The van der Waals surface area contributed by atoms with E-state index in [4.69, 9.17) is 0 Å². The van der Waals surface area contributed by atoms with E-state index in [0.717, 1.165) is 6.26 Å². The van der Waals surface area contributed by atoms with Gasteiger partial charge in [0.25, 0.3) is 0 Å². The fourth-order valence-electron chi connectivity index (χ4n) is 0.718. The predicted molar refractivity (Wildman–Crippen MR) is 71.1 cm³/mol. The summed E-state index contributed by atoms with van der Waals surface area (Å²) >= 11 is 0. The molecule has 0 N–H and O–H groups in total. The number of esters is 2. The molecule has 1 rings (SSSR count). The third-order valence-electron chi connectivity index (χ3n) is 1.49. The van der Waals surface area contributed by atoms with Crippen molar-refractivity contribution in [2.24, 2.45) is 0 Å². The van der Waals surface area contributed by atoms with Gasteiger partial charge in [0.15, 0.2) is 0 Å². The molecule has 0 aliphatic carbocycles. The van der Waals surface area contributed by atoms with Crippen molar-refractivity contribution in [3.63, 3.8) is 0 Å². The quantitative estimate of drug-likeness (QED) is 0.599. The van der Waals surface area contributed by atoms with Crippen LogP contribution in [0.1, 0.15) is 31.1 Å². The van der Waals surface area contributed by atoms with Crippen LogP contribution in [-0.4, -0.2) is 19.0 Å². The highest BCUT2D eigenvalue weighted by Crippen LogP contribution is 2.00. The van der Waals surface area contributed by atoms with Crippen LogP contribution in [-0.2, 0) is 14.3 Å². The Morgan fingerprint density at radius 3 is 1.94 bits per heavy atom. The van der Waals surface area contributed by atoms with Crippen molar-refractivity contribution < 1.29 is 19.1 Å². The fraction of sp³-hybridized carbons (Fsp3) is 0.286. The second-order valence-electron chi connectivity index (χ2n) is 2.63. The predicted octanol–water partition coefficient (Wildman–Crippen LogP) is 3.19. The van der Waals surface area contributed by atoms with Crippen molar-refractivity contribution in [2.75, 3.05) is 7.11 Å². The molecule has 0 amide bonds. The van der Waals surface area contributed by atoms with Gasteiger partial charge >= 0.3 is 11.9 Å². The highest BCUT2D eigenvalue weighted by Gasteiger charge is 2.01. The Kier molecular flexibility index (Phi) is 13.2. The van der Waals surface area contributed by atoms with Gasteiger partial charge in [-0.25, -0.2) is 4.79 Å². The summed E-state index contributed by atoms with van der Waals surface area (Å²) in [5.74, 6) is -0.620. The molecule has 0 radical (unpaired) electrons. The van der Waals surface area contributed by atoms with Gasteiger partial charge in [-0.15, -0.1) is 0 Å². The first-order valence-corrected chi connectivity index (χ1v) is 5.53. The van der Waals surface area contributed by atoms with Crippen molar-refractivity contribution >= 4 is 11.9 Å². The lowest BCUT2D eigenvalue weighted by Gasteiger charge is -1.96. The van der Waals surface area contributed by atoms with Gasteiger partial charge in [-0.3, -0.25) is 4.79 Å². The molecule has 4 heteroatoms. The molecule has 0 aromatic heterocycles. The summed E-state index contributed by atoms with van der Waals surface area (Å²) in [5.41, 5.74) is 0.535. The highest BCUT2D eigenvalue weighted by atomic mass is 16.5. The minimum absolute atomic E-state index is 0.245. The van der Waals surface area contributed by atoms with Gasteiger partial charge < -0.3 is 9.47 Å². The van der Waals surface area contributed by atoms with E-state index in [1.54, 1.807) is 24.3 Å². The molecule has 1 aromatic carbocycles. The summed E-state index contributed by atoms with van der Waals surface area (Å²) < 4.78 is 8.66. The van der Waals surface area contributed by atoms with E-state index in [2.05, 4.69) is 16.1 Å². The summed E-state index contributed by atoms with van der Waals surface area (Å²) in [6.07, 6.45) is 1.12. The van der Waals surface area contributed by atoms with Gasteiger partial charge in [-0.05, 0) is 12.1 Å². The molecule has 0 saturated heterocycles. The normalized spacial score (nSPS) is 7.56. The third-order valence-corrected chi connectivity index (χ3v) is 1.49. The molecule has 1 aromatic rings. The van der Waals surface area contributed by atoms with Crippen LogP contribution in [0.25, 0.3) is 0 Å². The molecular weight excluding hydrogens is 232 g/mol. The highest BCUT2D eigenvalue weighted by molar-refractivity contribution is 5.89. The molecule has 0 unspecified atom stereocenters. The second kappa shape index (κ2) is 13.0. The van der Waals surface area contributed by atoms with Gasteiger partial charge in [-0.1, -0.05) is 38.6 Å². The number of benzene rings is 1. The topological polar surface area (TPSA) is 52.6 Å². The lowest BCUT2D eigenvalue weighted by atomic mass is 10.2. The Balaban J connectivity index is 0. The molecule has 0 aliphatic rings. The van der Waals surface area contributed by atoms with Crippen LogP contribution in [0.15, 0.2) is 43.2 Å². The SMILES string of the molecule is C=COC(=O)c1ccccc1.CC.COC(C)=O. The van der Waals surface area contributed by atoms with E-state index in [-0.39, 0.29) is 11.9 Å². The van der Waals surface area contributed by atoms with E-state index in [1.807, 2.05) is 19.9 Å². The van der Waals surface area contributed by atoms with Crippen LogP contribution in [0.2, 0.25) is 0 Å². The zero-order valence-corrected chi connectivity index (χ0v) is 11.3. The van der Waals surface area contributed by atoms with E-state index < -0.39 is 0 Å². The number of ether oxygens (including phenoxy) is 2. The van der Waals surface area contributed by atoms with Crippen LogP contribution in [0.3, 0.4) is 0 Å². The van der Waals surface area contributed by atoms with Gasteiger partial charge in [0.1, 0.15) is 0 Å². The number of hydrogen-bond donors (Lipinski definition) is 0. The lowest BCUT2D eigenvalue weighted by Crippen LogP contribution is -1.98. The molecule has 4 nitrogen and oxygen atoms in total. The Morgan fingerprint density at radius 1 is 1.17 bits per heavy atom. The first kappa shape index (κ1) is 18.3. The Labute approximate surface area is 108 Å². The summed E-state index contributed by atoms with van der Waals surface area (Å²) in [6.45, 7) is 8.64. The van der Waals surface area contributed by atoms with E-state index in [1.165, 1.54) is 14.0 Å². The smallest absolute Gasteiger partial charge is 0.342 e. The van der Waals surface area contributed by atoms with Gasteiger partial charge in [-0.2, -0.15) is 0 Å². The molecule has 0 bridgehead atoms. The summed E-state index contributed by atoms with van der Waals surface area (Å²) in [7, 11) is 1.35. The molecule has 0 saturated carbocycles. The monoisotopic (exact) mass is 252 g/mol. The maximum Gasteiger partial charge on any atom is 0.342 e. The summed E-state index contributed by atoms with van der Waals surface area (Å²) in [5, 5.41) is 0. The van der Waals surface area contributed by atoms with Crippen LogP contribution >= 0.6 is 0 Å². The molecule has 18 heavy (non-hydrogen) atoms. The Hall–Kier alpha value is -2.10. The van der Waals surface area contributed by atoms with E-state index >= 15 is 0 Å². The molecule has 0 fully saturated rings. The van der Waals surface area contributed by atoms with Crippen molar-refractivity contribution in [1.82, 2.24) is 0 Å². The molecular formula is C14H20O4. The van der Waals surface area contributed by atoms with Crippen molar-refractivity contribution in [3.8, 4) is 0 Å². The van der Waals surface area contributed by atoms with Gasteiger partial charge in [0.2, 0.25) is 0 Å². The van der Waals surface area contributed by atoms with Crippen molar-refractivity contribution in [3.05, 3.63) is 48.7 Å². The first-order chi connectivity index (χ1) is 8.61. The first-order valence-electron chi connectivity index (χ1n) is 5.53. The molecule has 0 spiro atoms. The second-order valence-corrected chi connectivity index (χ2v) is 2.63. The third kappa shape index (κ3) is 10.4. The van der Waals surface area contributed by atoms with Gasteiger partial charge in [0, 0.05) is 6.92 Å². The molecule has 100 valence electrons. The number of hydrogen-bond acceptors (Lipinski definition) is 4. The molecule has 0 heterocycles. The van der Waals surface area contributed by atoms with Crippen LogP contribution in [0, 0.1) is 0 Å². The van der Waals surface area contributed by atoms with Crippen molar-refractivity contribution in [1.29, 1.82) is 0 Å². The zero-order chi connectivity index (χ0) is 14.4. The van der Waals surface area contributed by atoms with Crippen LogP contribution in [0.5, 0.6) is 0 Å². The molecule has 0 aliphatic heterocycles. The average Bonchev–Trinajstić information content (AvgIpc) is 2.43. The number of carbonyl (C=O) groups excluding carboxylic acids is 2. The Morgan fingerprint density at radius 2 is 1.61 bits per heavy atom. The zero-order valence-electron chi connectivity index (χ0n) is 11.3. The van der Waals surface area contributed by atoms with Crippen LogP contribution in [0.4, 0.5) is 0 Å². The number of rotatable bonds is 2. The summed E-state index contributed by atoms with van der Waals surface area (Å²) in [4.78, 5) is 20.5. The maximum absolute atomic E-state index is 11.0. The van der Waals surface area contributed by atoms with E-state index in [9.17, 15) is 9.59 Å². The number of methoxy groups -OCH3 is 1. The van der Waals surface area contributed by atoms with Gasteiger partial charge in [0.05, 0.1) is 18.9 Å². The minimum Gasteiger partial charge on any atom is -0.469 e. The number of carbonyl (C=O) groups is 2. The van der Waals surface area contributed by atoms with Crippen molar-refractivity contribution in [2.45, 2.75) is 20.8 Å². The Bertz CT molecular complexity index is 344. The largest absolute Gasteiger partial charge is 0.469 e. The standard InChI is InChI=1S/C9H8O2.C3H6O2.C2H6/c1-2-11-9(10)8-6-4-3-5-7-8;1-3(4)5-2;1-2/h2-7H,1H2;1-2H3;1-2H3. The lowest BCUT2D eigenvalue weighted by molar-refractivity contribution is -0.137.